The van der Waals surface area contributed by atoms with Crippen molar-refractivity contribution in [3.8, 4) is 11.5 Å². The molecule has 0 aliphatic carbocycles. The van der Waals surface area contributed by atoms with E-state index in [4.69, 9.17) is 14.1 Å². The predicted molar refractivity (Wildman–Crippen MR) is 121 cm³/mol. The molecule has 2 aromatic heterocycles. The number of nitrogens with zero attached hydrogens (tertiary/aromatic N) is 3. The van der Waals surface area contributed by atoms with Gasteiger partial charge in [0, 0.05) is 31.2 Å². The summed E-state index contributed by atoms with van der Waals surface area (Å²) in [7, 11) is 0. The zero-order valence-electron chi connectivity index (χ0n) is 17.2. The highest BCUT2D eigenvalue weighted by Crippen LogP contribution is 2.32. The lowest BCUT2D eigenvalue weighted by Gasteiger charge is -2.26. The van der Waals surface area contributed by atoms with Gasteiger partial charge in [-0.05, 0) is 48.7 Å². The van der Waals surface area contributed by atoms with Crippen LogP contribution in [0.1, 0.15) is 30.3 Å². The van der Waals surface area contributed by atoms with Gasteiger partial charge in [-0.2, -0.15) is 0 Å². The van der Waals surface area contributed by atoms with E-state index < -0.39 is 0 Å². The molecule has 3 heterocycles. The Morgan fingerprint density at radius 3 is 2.48 bits per heavy atom. The van der Waals surface area contributed by atoms with E-state index in [1.54, 1.807) is 0 Å². The van der Waals surface area contributed by atoms with E-state index >= 15 is 0 Å². The molecule has 0 radical (unpaired) electrons. The van der Waals surface area contributed by atoms with E-state index in [2.05, 4.69) is 58.1 Å². The van der Waals surface area contributed by atoms with Gasteiger partial charge in [-0.1, -0.05) is 42.5 Å². The van der Waals surface area contributed by atoms with Gasteiger partial charge in [0.25, 0.3) is 0 Å². The Bertz CT molecular complexity index is 1310. The van der Waals surface area contributed by atoms with Crippen molar-refractivity contribution in [2.45, 2.75) is 25.3 Å². The molecule has 5 heteroatoms. The van der Waals surface area contributed by atoms with Crippen LogP contribution in [0.3, 0.4) is 0 Å². The van der Waals surface area contributed by atoms with Crippen LogP contribution in [0.5, 0.6) is 0 Å². The lowest BCUT2D eigenvalue weighted by atomic mass is 10.1. The van der Waals surface area contributed by atoms with Gasteiger partial charge in [0.15, 0.2) is 5.58 Å². The molecule has 0 spiro atoms. The molecule has 1 aliphatic rings. The SMILES string of the molecule is c1ccc(Cc2nc3cc(-c4nc5ccccc5o4)ccc3n2C2CCOCC2)cc1. The van der Waals surface area contributed by atoms with Crippen LogP contribution >= 0.6 is 0 Å². The van der Waals surface area contributed by atoms with Crippen LogP contribution in [-0.4, -0.2) is 27.7 Å². The van der Waals surface area contributed by atoms with Crippen molar-refractivity contribution >= 4 is 22.1 Å². The number of oxazole rings is 1. The highest BCUT2D eigenvalue weighted by molar-refractivity contribution is 5.83. The number of hydrogen-bond acceptors (Lipinski definition) is 4. The highest BCUT2D eigenvalue weighted by atomic mass is 16.5. The van der Waals surface area contributed by atoms with Crippen LogP contribution in [0.15, 0.2) is 77.2 Å². The van der Waals surface area contributed by atoms with Crippen LogP contribution in [0.4, 0.5) is 0 Å². The Labute approximate surface area is 180 Å². The van der Waals surface area contributed by atoms with E-state index in [0.29, 0.717) is 11.9 Å². The minimum atomic E-state index is 0.410. The quantitative estimate of drug-likeness (QED) is 0.377. The average Bonchev–Trinajstić information content (AvgIpc) is 3.41. The number of fused-ring (bicyclic) bond motifs is 2. The molecule has 1 fully saturated rings. The average molecular weight is 409 g/mol. The van der Waals surface area contributed by atoms with Crippen molar-refractivity contribution in [2.75, 3.05) is 13.2 Å². The first-order valence-electron chi connectivity index (χ1n) is 10.8. The summed E-state index contributed by atoms with van der Waals surface area (Å²) < 4.78 is 14.0. The summed E-state index contributed by atoms with van der Waals surface area (Å²) in [5, 5.41) is 0. The summed E-state index contributed by atoms with van der Waals surface area (Å²) >= 11 is 0. The molecule has 0 bridgehead atoms. The number of rotatable bonds is 4. The molecule has 5 nitrogen and oxygen atoms in total. The standard InChI is InChI=1S/C26H23N3O2/c1-2-6-18(7-3-1)16-25-27-22-17-19(26-28-21-8-4-5-9-24(21)31-26)10-11-23(22)29(25)20-12-14-30-15-13-20/h1-11,17,20H,12-16H2. The summed E-state index contributed by atoms with van der Waals surface area (Å²) in [6.07, 6.45) is 2.84. The third-order valence-corrected chi connectivity index (χ3v) is 6.06. The van der Waals surface area contributed by atoms with Crippen LogP contribution in [0.2, 0.25) is 0 Å². The van der Waals surface area contributed by atoms with E-state index in [-0.39, 0.29) is 0 Å². The molecule has 3 aromatic carbocycles. The second kappa shape index (κ2) is 7.67. The van der Waals surface area contributed by atoms with Crippen LogP contribution in [0.25, 0.3) is 33.6 Å². The second-order valence-electron chi connectivity index (χ2n) is 8.09. The lowest BCUT2D eigenvalue weighted by molar-refractivity contribution is 0.0699. The molecule has 1 aliphatic heterocycles. The topological polar surface area (TPSA) is 53.1 Å². The number of aromatic nitrogens is 3. The van der Waals surface area contributed by atoms with Gasteiger partial charge >= 0.3 is 0 Å². The minimum Gasteiger partial charge on any atom is -0.436 e. The summed E-state index contributed by atoms with van der Waals surface area (Å²) in [6.45, 7) is 1.60. The number of hydrogen-bond donors (Lipinski definition) is 0. The van der Waals surface area contributed by atoms with E-state index in [1.165, 1.54) is 5.56 Å². The molecular formula is C26H23N3O2. The predicted octanol–water partition coefficient (Wildman–Crippen LogP) is 5.79. The Kier molecular flexibility index (Phi) is 4.54. The monoisotopic (exact) mass is 409 g/mol. The van der Waals surface area contributed by atoms with Crippen LogP contribution < -0.4 is 0 Å². The summed E-state index contributed by atoms with van der Waals surface area (Å²) in [4.78, 5) is 9.73. The van der Waals surface area contributed by atoms with Gasteiger partial charge in [-0.25, -0.2) is 9.97 Å². The zero-order chi connectivity index (χ0) is 20.6. The Morgan fingerprint density at radius 1 is 0.839 bits per heavy atom. The maximum atomic E-state index is 5.99. The first-order valence-corrected chi connectivity index (χ1v) is 10.8. The van der Waals surface area contributed by atoms with E-state index in [0.717, 1.165) is 66.0 Å². The fourth-order valence-corrected chi connectivity index (χ4v) is 4.53. The summed E-state index contributed by atoms with van der Waals surface area (Å²) in [5.41, 5.74) is 6.04. The Balaban J connectivity index is 1.46. The molecule has 6 rings (SSSR count). The van der Waals surface area contributed by atoms with Gasteiger partial charge in [-0.15, -0.1) is 0 Å². The number of para-hydroxylation sites is 2. The minimum absolute atomic E-state index is 0.410. The normalized spacial score (nSPS) is 15.1. The van der Waals surface area contributed by atoms with Gasteiger partial charge in [0.2, 0.25) is 5.89 Å². The molecule has 31 heavy (non-hydrogen) atoms. The van der Waals surface area contributed by atoms with Crippen molar-refractivity contribution in [1.29, 1.82) is 0 Å². The summed E-state index contributed by atoms with van der Waals surface area (Å²) in [5.74, 6) is 1.73. The van der Waals surface area contributed by atoms with Crippen LogP contribution in [0, 0.1) is 0 Å². The molecule has 0 atom stereocenters. The highest BCUT2D eigenvalue weighted by Gasteiger charge is 2.22. The summed E-state index contributed by atoms with van der Waals surface area (Å²) in [6, 6.07) is 25.2. The first kappa shape index (κ1) is 18.3. The van der Waals surface area contributed by atoms with Gasteiger partial charge in [0.1, 0.15) is 11.3 Å². The molecule has 0 saturated carbocycles. The Hall–Kier alpha value is -3.44. The van der Waals surface area contributed by atoms with E-state index in [1.807, 2.05) is 24.3 Å². The smallest absolute Gasteiger partial charge is 0.227 e. The van der Waals surface area contributed by atoms with Gasteiger partial charge in [0.05, 0.1) is 11.0 Å². The number of benzene rings is 3. The fourth-order valence-electron chi connectivity index (χ4n) is 4.53. The molecule has 0 amide bonds. The second-order valence-corrected chi connectivity index (χ2v) is 8.09. The number of imidazole rings is 1. The third kappa shape index (κ3) is 3.41. The van der Waals surface area contributed by atoms with Gasteiger partial charge in [-0.3, -0.25) is 0 Å². The molecular weight excluding hydrogens is 386 g/mol. The zero-order valence-corrected chi connectivity index (χ0v) is 17.2. The lowest BCUT2D eigenvalue weighted by Crippen LogP contribution is -2.21. The molecule has 0 unspecified atom stereocenters. The van der Waals surface area contributed by atoms with E-state index in [9.17, 15) is 0 Å². The van der Waals surface area contributed by atoms with Crippen molar-refractivity contribution in [3.63, 3.8) is 0 Å². The first-order chi connectivity index (χ1) is 15.3. The third-order valence-electron chi connectivity index (χ3n) is 6.06. The molecule has 1 saturated heterocycles. The maximum Gasteiger partial charge on any atom is 0.227 e. The number of ether oxygens (including phenoxy) is 1. The van der Waals surface area contributed by atoms with Crippen molar-refractivity contribution in [2.24, 2.45) is 0 Å². The van der Waals surface area contributed by atoms with Crippen molar-refractivity contribution in [1.82, 2.24) is 14.5 Å². The maximum absolute atomic E-state index is 5.99. The molecule has 0 N–H and O–H groups in total. The van der Waals surface area contributed by atoms with Crippen molar-refractivity contribution < 1.29 is 9.15 Å². The Morgan fingerprint density at radius 2 is 1.65 bits per heavy atom. The largest absolute Gasteiger partial charge is 0.436 e. The molecule has 5 aromatic rings. The fraction of sp³-hybridized carbons (Fsp3) is 0.231. The molecule has 154 valence electrons. The van der Waals surface area contributed by atoms with Crippen molar-refractivity contribution in [3.05, 3.63) is 84.2 Å². The van der Waals surface area contributed by atoms with Gasteiger partial charge < -0.3 is 13.7 Å². The van der Waals surface area contributed by atoms with Crippen LogP contribution in [-0.2, 0) is 11.2 Å².